The van der Waals surface area contributed by atoms with Crippen LogP contribution in [0.25, 0.3) is 0 Å². The molecule has 0 aliphatic rings. The lowest BCUT2D eigenvalue weighted by atomic mass is 10.2. The van der Waals surface area contributed by atoms with Crippen molar-refractivity contribution < 1.29 is 22.3 Å². The highest BCUT2D eigenvalue weighted by atomic mass is 35.5. The number of nitrogens with zero attached hydrogens (tertiary/aromatic N) is 2. The maximum Gasteiger partial charge on any atom is 0.255 e. The highest BCUT2D eigenvalue weighted by molar-refractivity contribution is 7.89. The van der Waals surface area contributed by atoms with Crippen LogP contribution in [-0.4, -0.2) is 31.4 Å². The maximum absolute atomic E-state index is 14.5. The highest BCUT2D eigenvalue weighted by Gasteiger charge is 2.28. The Kier molecular flexibility index (Phi) is 9.65. The van der Waals surface area contributed by atoms with Crippen LogP contribution in [0, 0.1) is 12.7 Å². The number of hydrogen-bond donors (Lipinski definition) is 1. The summed E-state index contributed by atoms with van der Waals surface area (Å²) in [6.45, 7) is 1.16. The first-order chi connectivity index (χ1) is 19.2. The molecular formula is C30H27ClFN3O4S. The van der Waals surface area contributed by atoms with Gasteiger partial charge in [-0.25, -0.2) is 18.2 Å². The number of sulfonamides is 1. The molecule has 0 unspecified atom stereocenters. The van der Waals surface area contributed by atoms with Gasteiger partial charge in [-0.3, -0.25) is 4.79 Å². The molecule has 0 saturated heterocycles. The van der Waals surface area contributed by atoms with Crippen molar-refractivity contribution in [3.8, 4) is 5.75 Å². The minimum atomic E-state index is -4.18. The van der Waals surface area contributed by atoms with Crippen molar-refractivity contribution in [2.75, 3.05) is 6.54 Å². The van der Waals surface area contributed by atoms with Gasteiger partial charge in [0.2, 0.25) is 10.0 Å². The van der Waals surface area contributed by atoms with Crippen LogP contribution in [0.4, 0.5) is 4.39 Å². The molecule has 1 N–H and O–H groups in total. The fourth-order valence-electron chi connectivity index (χ4n) is 3.74. The Balaban J connectivity index is 1.46. The second kappa shape index (κ2) is 13.3. The van der Waals surface area contributed by atoms with E-state index in [1.54, 1.807) is 36.4 Å². The molecule has 10 heteroatoms. The summed E-state index contributed by atoms with van der Waals surface area (Å²) in [5.74, 6) is -0.767. The normalized spacial score (nSPS) is 11.6. The molecule has 1 amide bonds. The van der Waals surface area contributed by atoms with Crippen molar-refractivity contribution in [3.05, 3.63) is 130 Å². The quantitative estimate of drug-likeness (QED) is 0.182. The lowest BCUT2D eigenvalue weighted by Gasteiger charge is -2.22. The van der Waals surface area contributed by atoms with Crippen LogP contribution in [0.1, 0.15) is 22.3 Å². The van der Waals surface area contributed by atoms with Crippen molar-refractivity contribution in [1.29, 1.82) is 0 Å². The fourth-order valence-corrected chi connectivity index (χ4v) is 5.33. The van der Waals surface area contributed by atoms with Gasteiger partial charge in [-0.05, 0) is 54.4 Å². The third-order valence-electron chi connectivity index (χ3n) is 5.88. The Labute approximate surface area is 237 Å². The summed E-state index contributed by atoms with van der Waals surface area (Å²) in [4.78, 5) is 12.7. The van der Waals surface area contributed by atoms with E-state index in [9.17, 15) is 17.6 Å². The van der Waals surface area contributed by atoms with Gasteiger partial charge >= 0.3 is 0 Å². The zero-order valence-corrected chi connectivity index (χ0v) is 23.2. The highest BCUT2D eigenvalue weighted by Crippen LogP contribution is 2.25. The summed E-state index contributed by atoms with van der Waals surface area (Å²) in [5.41, 5.74) is 4.85. The zero-order chi connectivity index (χ0) is 28.5. The maximum atomic E-state index is 14.5. The number of amides is 1. The van der Waals surface area contributed by atoms with E-state index in [0.717, 1.165) is 15.4 Å². The predicted molar refractivity (Wildman–Crippen MR) is 153 cm³/mol. The van der Waals surface area contributed by atoms with Crippen molar-refractivity contribution in [2.45, 2.75) is 25.0 Å². The van der Waals surface area contributed by atoms with Crippen molar-refractivity contribution in [1.82, 2.24) is 9.73 Å². The Morgan fingerprint density at radius 2 is 1.73 bits per heavy atom. The van der Waals surface area contributed by atoms with E-state index in [0.29, 0.717) is 17.9 Å². The average Bonchev–Trinajstić information content (AvgIpc) is 2.94. The van der Waals surface area contributed by atoms with E-state index < -0.39 is 34.8 Å². The zero-order valence-electron chi connectivity index (χ0n) is 21.6. The van der Waals surface area contributed by atoms with E-state index in [1.165, 1.54) is 36.5 Å². The van der Waals surface area contributed by atoms with Gasteiger partial charge in [0.05, 0.1) is 17.7 Å². The summed E-state index contributed by atoms with van der Waals surface area (Å²) in [5, 5.41) is 4.01. The summed E-state index contributed by atoms with van der Waals surface area (Å²) in [6.07, 6.45) is 1.42. The minimum Gasteiger partial charge on any atom is -0.489 e. The first kappa shape index (κ1) is 28.9. The van der Waals surface area contributed by atoms with E-state index in [1.807, 2.05) is 37.3 Å². The monoisotopic (exact) mass is 579 g/mol. The van der Waals surface area contributed by atoms with Gasteiger partial charge in [0.15, 0.2) is 0 Å². The first-order valence-corrected chi connectivity index (χ1v) is 14.1. The van der Waals surface area contributed by atoms with E-state index in [-0.39, 0.29) is 15.5 Å². The van der Waals surface area contributed by atoms with Crippen LogP contribution in [0.15, 0.2) is 107 Å². The second-order valence-electron chi connectivity index (χ2n) is 8.93. The number of carbonyl (C=O) groups excluding carboxylic acids is 1. The summed E-state index contributed by atoms with van der Waals surface area (Å²) in [6, 6.07) is 27.1. The molecule has 0 radical (unpaired) electrons. The van der Waals surface area contributed by atoms with Crippen molar-refractivity contribution >= 4 is 33.7 Å². The lowest BCUT2D eigenvalue weighted by Crippen LogP contribution is -2.39. The number of nitrogens with one attached hydrogen (secondary N) is 1. The average molecular weight is 580 g/mol. The number of hydrogen-bond acceptors (Lipinski definition) is 5. The third-order valence-corrected chi connectivity index (χ3v) is 8.04. The number of aryl methyl sites for hydroxylation is 1. The topological polar surface area (TPSA) is 88.1 Å². The molecule has 4 aromatic carbocycles. The van der Waals surface area contributed by atoms with Crippen LogP contribution < -0.4 is 10.2 Å². The molecule has 7 nitrogen and oxygen atoms in total. The Morgan fingerprint density at radius 3 is 2.45 bits per heavy atom. The largest absolute Gasteiger partial charge is 0.489 e. The Morgan fingerprint density at radius 1 is 1.00 bits per heavy atom. The molecule has 0 fully saturated rings. The fraction of sp³-hybridized carbons (Fsp3) is 0.133. The van der Waals surface area contributed by atoms with Gasteiger partial charge in [-0.2, -0.15) is 9.41 Å². The standard InChI is InChI=1S/C30H27ClFN3O4S/c1-22-13-15-26(16-14-22)40(37,38)35(19-27-28(31)11-6-12-29(27)32)20-30(36)34-33-18-24-9-5-10-25(17-24)39-21-23-7-3-2-4-8-23/h2-18H,19-21H2,1H3,(H,34,36)/b33-18-. The van der Waals surface area contributed by atoms with Gasteiger partial charge in [0, 0.05) is 17.1 Å². The number of carbonyl (C=O) groups is 1. The summed E-state index contributed by atoms with van der Waals surface area (Å²) in [7, 11) is -4.18. The number of benzene rings is 4. The molecular weight excluding hydrogens is 553 g/mol. The van der Waals surface area contributed by atoms with Gasteiger partial charge in [-0.15, -0.1) is 0 Å². The molecule has 0 heterocycles. The van der Waals surface area contributed by atoms with Crippen LogP contribution in [0.5, 0.6) is 5.75 Å². The van der Waals surface area contributed by atoms with Crippen molar-refractivity contribution in [2.24, 2.45) is 5.10 Å². The van der Waals surface area contributed by atoms with Crippen LogP contribution in [0.3, 0.4) is 0 Å². The number of rotatable bonds is 11. The SMILES string of the molecule is Cc1ccc(S(=O)(=O)N(CC(=O)N/N=C\c2cccc(OCc3ccccc3)c2)Cc2c(F)cccc2Cl)cc1. The third kappa shape index (κ3) is 7.75. The van der Waals surface area contributed by atoms with Crippen molar-refractivity contribution in [3.63, 3.8) is 0 Å². The molecule has 206 valence electrons. The van der Waals surface area contributed by atoms with E-state index in [2.05, 4.69) is 10.5 Å². The molecule has 4 rings (SSSR count). The van der Waals surface area contributed by atoms with Crippen LogP contribution >= 0.6 is 11.6 Å². The van der Waals surface area contributed by atoms with Crippen LogP contribution in [0.2, 0.25) is 5.02 Å². The molecule has 0 aliphatic carbocycles. The Bertz CT molecular complexity index is 1580. The van der Waals surface area contributed by atoms with Crippen LogP contribution in [-0.2, 0) is 28.0 Å². The molecule has 0 aromatic heterocycles. The predicted octanol–water partition coefficient (Wildman–Crippen LogP) is 5.71. The first-order valence-electron chi connectivity index (χ1n) is 12.3. The molecule has 0 aliphatic heterocycles. The number of hydrazone groups is 1. The summed E-state index contributed by atoms with van der Waals surface area (Å²) >= 11 is 6.15. The molecule has 4 aromatic rings. The van der Waals surface area contributed by atoms with Gasteiger partial charge < -0.3 is 4.74 Å². The second-order valence-corrected chi connectivity index (χ2v) is 11.3. The smallest absolute Gasteiger partial charge is 0.255 e. The molecule has 0 spiro atoms. The minimum absolute atomic E-state index is 0.0332. The molecule has 0 bridgehead atoms. The molecule has 40 heavy (non-hydrogen) atoms. The number of halogens is 2. The lowest BCUT2D eigenvalue weighted by molar-refractivity contribution is -0.121. The van der Waals surface area contributed by atoms with Gasteiger partial charge in [0.25, 0.3) is 5.91 Å². The molecule has 0 atom stereocenters. The van der Waals surface area contributed by atoms with E-state index in [4.69, 9.17) is 16.3 Å². The number of ether oxygens (including phenoxy) is 1. The van der Waals surface area contributed by atoms with E-state index >= 15 is 0 Å². The van der Waals surface area contributed by atoms with Gasteiger partial charge in [-0.1, -0.05) is 77.8 Å². The summed E-state index contributed by atoms with van der Waals surface area (Å²) < 4.78 is 48.1. The Hall–Kier alpha value is -4.05. The molecule has 0 saturated carbocycles. The van der Waals surface area contributed by atoms with Gasteiger partial charge in [0.1, 0.15) is 18.2 Å².